The molecule has 0 saturated carbocycles. The Balaban J connectivity index is 2.36. The highest BCUT2D eigenvalue weighted by Crippen LogP contribution is 2.37. The van der Waals surface area contributed by atoms with Gasteiger partial charge in [-0.05, 0) is 0 Å². The Hall–Kier alpha value is -2.52. The summed E-state index contributed by atoms with van der Waals surface area (Å²) in [4.78, 5) is 7.33. The molecule has 100 valence electrons. The molecule has 0 unspecified atom stereocenters. The Morgan fingerprint density at radius 3 is 3.00 bits per heavy atom. The molecule has 3 rings (SSSR count). The molecule has 7 heteroatoms. The zero-order valence-electron chi connectivity index (χ0n) is 10.9. The molecule has 0 aliphatic heterocycles. The van der Waals surface area contributed by atoms with Crippen LogP contribution in [-0.4, -0.2) is 26.8 Å². The van der Waals surface area contributed by atoms with Crippen LogP contribution < -0.4 is 5.32 Å². The molecule has 0 bridgehead atoms. The fourth-order valence-corrected chi connectivity index (χ4v) is 2.50. The molecule has 0 aliphatic carbocycles. The monoisotopic (exact) mass is 286 g/mol. The number of nitrogens with zero attached hydrogens (tertiary/aromatic N) is 4. The minimum Gasteiger partial charge on any atom is -0.387 e. The molecule has 0 radical (unpaired) electrons. The van der Waals surface area contributed by atoms with Crippen LogP contribution >= 0.6 is 11.6 Å². The number of halogens is 1. The molecule has 3 aromatic heterocycles. The normalized spacial score (nSPS) is 10.7. The summed E-state index contributed by atoms with van der Waals surface area (Å²) in [6.45, 7) is 0. The maximum absolute atomic E-state index is 9.21. The Morgan fingerprint density at radius 1 is 1.50 bits per heavy atom. The van der Waals surface area contributed by atoms with Gasteiger partial charge in [0.25, 0.3) is 0 Å². The van der Waals surface area contributed by atoms with Crippen LogP contribution in [0.5, 0.6) is 0 Å². The number of fused-ring (bicyclic) bond motifs is 1. The highest BCUT2D eigenvalue weighted by Gasteiger charge is 2.18. The van der Waals surface area contributed by atoms with Crippen LogP contribution in [0.3, 0.4) is 0 Å². The van der Waals surface area contributed by atoms with E-state index in [0.717, 1.165) is 16.6 Å². The molecule has 3 heterocycles. The van der Waals surface area contributed by atoms with Gasteiger partial charge in [-0.1, -0.05) is 11.6 Å². The summed E-state index contributed by atoms with van der Waals surface area (Å²) in [5, 5.41) is 18.0. The zero-order chi connectivity index (χ0) is 14.3. The van der Waals surface area contributed by atoms with Crippen LogP contribution in [0.25, 0.3) is 22.3 Å². The fourth-order valence-electron chi connectivity index (χ4n) is 2.27. The van der Waals surface area contributed by atoms with Crippen LogP contribution in [-0.2, 0) is 7.05 Å². The van der Waals surface area contributed by atoms with Crippen molar-refractivity contribution in [1.29, 1.82) is 5.26 Å². The van der Waals surface area contributed by atoms with Gasteiger partial charge in [-0.15, -0.1) is 0 Å². The van der Waals surface area contributed by atoms with E-state index in [0.29, 0.717) is 21.9 Å². The van der Waals surface area contributed by atoms with Gasteiger partial charge < -0.3 is 10.3 Å². The Bertz CT molecular complexity index is 839. The minimum absolute atomic E-state index is 0.497. The molecule has 0 aliphatic rings. The summed E-state index contributed by atoms with van der Waals surface area (Å²) >= 11 is 6.19. The number of aromatic amines is 1. The second-order valence-corrected chi connectivity index (χ2v) is 4.74. The maximum atomic E-state index is 9.21. The second kappa shape index (κ2) is 4.54. The summed E-state index contributed by atoms with van der Waals surface area (Å²) in [7, 11) is 3.58. The number of aryl methyl sites for hydroxylation is 1. The van der Waals surface area contributed by atoms with Crippen molar-refractivity contribution in [2.75, 3.05) is 12.4 Å². The average molecular weight is 287 g/mol. The molecular weight excluding hydrogens is 276 g/mol. The molecule has 20 heavy (non-hydrogen) atoms. The van der Waals surface area contributed by atoms with E-state index in [9.17, 15) is 5.26 Å². The summed E-state index contributed by atoms with van der Waals surface area (Å²) < 4.78 is 1.61. The van der Waals surface area contributed by atoms with Gasteiger partial charge in [-0.3, -0.25) is 4.68 Å². The first-order valence-electron chi connectivity index (χ1n) is 5.93. The van der Waals surface area contributed by atoms with Gasteiger partial charge in [0.15, 0.2) is 0 Å². The molecule has 0 spiro atoms. The summed E-state index contributed by atoms with van der Waals surface area (Å²) in [6.07, 6.45) is 5.05. The average Bonchev–Trinajstić information content (AvgIpc) is 3.01. The molecule has 2 N–H and O–H groups in total. The number of aromatic nitrogens is 4. The molecule has 0 saturated heterocycles. The van der Waals surface area contributed by atoms with E-state index in [1.807, 2.05) is 0 Å². The van der Waals surface area contributed by atoms with Crippen molar-refractivity contribution in [3.05, 3.63) is 29.2 Å². The maximum Gasteiger partial charge on any atom is 0.140 e. The second-order valence-electron chi connectivity index (χ2n) is 4.33. The molecule has 3 aromatic rings. The highest BCUT2D eigenvalue weighted by atomic mass is 35.5. The standard InChI is InChI=1S/C13H11ClN6/c1-16-12-8(11-7(3-15)6-20(2)19-11)4-17-13-10(12)9(14)5-18-13/h4-6H,1-2H3,(H2,16,17,18). The third kappa shape index (κ3) is 1.72. The third-order valence-corrected chi connectivity index (χ3v) is 3.41. The van der Waals surface area contributed by atoms with Crippen LogP contribution in [0.15, 0.2) is 18.6 Å². The van der Waals surface area contributed by atoms with Gasteiger partial charge in [0, 0.05) is 38.2 Å². The first kappa shape index (κ1) is 12.5. The lowest BCUT2D eigenvalue weighted by atomic mass is 10.1. The predicted molar refractivity (Wildman–Crippen MR) is 77.6 cm³/mol. The number of nitrogens with one attached hydrogen (secondary N) is 2. The number of rotatable bonds is 2. The minimum atomic E-state index is 0.497. The summed E-state index contributed by atoms with van der Waals surface area (Å²) in [5.41, 5.74) is 3.33. The van der Waals surface area contributed by atoms with E-state index >= 15 is 0 Å². The lowest BCUT2D eigenvalue weighted by Crippen LogP contribution is -1.97. The van der Waals surface area contributed by atoms with Crippen molar-refractivity contribution < 1.29 is 0 Å². The van der Waals surface area contributed by atoms with E-state index < -0.39 is 0 Å². The zero-order valence-corrected chi connectivity index (χ0v) is 11.7. The third-order valence-electron chi connectivity index (χ3n) is 3.11. The number of hydrogen-bond donors (Lipinski definition) is 2. The van der Waals surface area contributed by atoms with Crippen LogP contribution in [0, 0.1) is 11.3 Å². The largest absolute Gasteiger partial charge is 0.387 e. The smallest absolute Gasteiger partial charge is 0.140 e. The first-order chi connectivity index (χ1) is 9.65. The van der Waals surface area contributed by atoms with Crippen molar-refractivity contribution in [2.24, 2.45) is 7.05 Å². The molecule has 0 atom stereocenters. The summed E-state index contributed by atoms with van der Waals surface area (Å²) in [5.74, 6) is 0. The Kier molecular flexibility index (Phi) is 2.84. The van der Waals surface area contributed by atoms with Crippen molar-refractivity contribution in [3.8, 4) is 17.3 Å². The Labute approximate surface area is 120 Å². The van der Waals surface area contributed by atoms with Crippen LogP contribution in [0.4, 0.5) is 5.69 Å². The molecule has 0 aromatic carbocycles. The number of anilines is 1. The Morgan fingerprint density at radius 2 is 2.30 bits per heavy atom. The fraction of sp³-hybridized carbons (Fsp3) is 0.154. The van der Waals surface area contributed by atoms with Crippen LogP contribution in [0.1, 0.15) is 5.56 Å². The SMILES string of the molecule is CNc1c(-c2nn(C)cc2C#N)cnc2[nH]cc(Cl)c12. The van der Waals surface area contributed by atoms with E-state index in [1.165, 1.54) is 0 Å². The van der Waals surface area contributed by atoms with Gasteiger partial charge in [-0.25, -0.2) is 4.98 Å². The lowest BCUT2D eigenvalue weighted by molar-refractivity contribution is 0.770. The van der Waals surface area contributed by atoms with E-state index in [4.69, 9.17) is 11.6 Å². The topological polar surface area (TPSA) is 82.3 Å². The molecule has 6 nitrogen and oxygen atoms in total. The van der Waals surface area contributed by atoms with Gasteiger partial charge in [-0.2, -0.15) is 10.4 Å². The predicted octanol–water partition coefficient (Wildman–Crippen LogP) is 2.53. The van der Waals surface area contributed by atoms with Gasteiger partial charge in [0.05, 0.1) is 21.7 Å². The first-order valence-corrected chi connectivity index (χ1v) is 6.31. The quantitative estimate of drug-likeness (QED) is 0.758. The summed E-state index contributed by atoms with van der Waals surface area (Å²) in [6, 6.07) is 2.14. The van der Waals surface area contributed by atoms with Crippen molar-refractivity contribution in [3.63, 3.8) is 0 Å². The number of nitriles is 1. The molecule has 0 fully saturated rings. The highest BCUT2D eigenvalue weighted by molar-refractivity contribution is 6.36. The van der Waals surface area contributed by atoms with Gasteiger partial charge in [0.1, 0.15) is 17.4 Å². The van der Waals surface area contributed by atoms with Gasteiger partial charge in [0.2, 0.25) is 0 Å². The molecular formula is C13H11ClN6. The van der Waals surface area contributed by atoms with E-state index in [2.05, 4.69) is 26.5 Å². The number of H-pyrrole nitrogens is 1. The molecule has 0 amide bonds. The van der Waals surface area contributed by atoms with Crippen molar-refractivity contribution in [1.82, 2.24) is 19.7 Å². The van der Waals surface area contributed by atoms with E-state index in [1.54, 1.807) is 37.4 Å². The van der Waals surface area contributed by atoms with Gasteiger partial charge >= 0.3 is 0 Å². The van der Waals surface area contributed by atoms with Crippen molar-refractivity contribution >= 4 is 28.3 Å². The van der Waals surface area contributed by atoms with E-state index in [-0.39, 0.29) is 0 Å². The van der Waals surface area contributed by atoms with Crippen LogP contribution in [0.2, 0.25) is 5.02 Å². The lowest BCUT2D eigenvalue weighted by Gasteiger charge is -2.08. The number of hydrogen-bond acceptors (Lipinski definition) is 4. The van der Waals surface area contributed by atoms with Crippen molar-refractivity contribution in [2.45, 2.75) is 0 Å². The number of pyridine rings is 1.